The SMILES string of the molecule is O=C(CC#CCSc1nnc(-c2cccc3ccccc23)o1)c1ccccc1. The van der Waals surface area contributed by atoms with E-state index in [1.165, 1.54) is 11.8 Å². The molecule has 0 aliphatic rings. The van der Waals surface area contributed by atoms with E-state index >= 15 is 0 Å². The molecule has 0 N–H and O–H groups in total. The van der Waals surface area contributed by atoms with Crippen molar-refractivity contribution in [2.24, 2.45) is 0 Å². The molecule has 0 amide bonds. The smallest absolute Gasteiger partial charge is 0.277 e. The van der Waals surface area contributed by atoms with E-state index in [1.807, 2.05) is 48.5 Å². The Bertz CT molecular complexity index is 1170. The van der Waals surface area contributed by atoms with E-state index in [1.54, 1.807) is 12.1 Å². The Morgan fingerprint density at radius 3 is 2.57 bits per heavy atom. The van der Waals surface area contributed by atoms with Gasteiger partial charge in [-0.15, -0.1) is 10.2 Å². The van der Waals surface area contributed by atoms with Crippen LogP contribution in [0.5, 0.6) is 0 Å². The number of hydrogen-bond acceptors (Lipinski definition) is 5. The molecule has 4 rings (SSSR count). The number of aromatic nitrogens is 2. The fraction of sp³-hybridized carbons (Fsp3) is 0.0870. The molecule has 5 heteroatoms. The van der Waals surface area contributed by atoms with Crippen LogP contribution in [0.2, 0.25) is 0 Å². The molecule has 0 bridgehead atoms. The molecule has 0 spiro atoms. The zero-order valence-corrected chi connectivity index (χ0v) is 15.8. The minimum absolute atomic E-state index is 0.0223. The fourth-order valence-electron chi connectivity index (χ4n) is 2.81. The molecule has 0 unspecified atom stereocenters. The molecule has 0 fully saturated rings. The molecule has 0 saturated heterocycles. The Morgan fingerprint density at radius 1 is 0.893 bits per heavy atom. The van der Waals surface area contributed by atoms with Crippen LogP contribution < -0.4 is 0 Å². The quantitative estimate of drug-likeness (QED) is 0.267. The molecule has 136 valence electrons. The van der Waals surface area contributed by atoms with Crippen molar-refractivity contribution in [2.75, 3.05) is 5.75 Å². The van der Waals surface area contributed by atoms with Gasteiger partial charge >= 0.3 is 0 Å². The Hall–Kier alpha value is -3.36. The van der Waals surface area contributed by atoms with Gasteiger partial charge in [-0.1, -0.05) is 90.3 Å². The number of rotatable bonds is 5. The first kappa shape index (κ1) is 18.0. The highest BCUT2D eigenvalue weighted by molar-refractivity contribution is 7.99. The fourth-order valence-corrected chi connectivity index (χ4v) is 3.34. The average Bonchev–Trinajstić information content (AvgIpc) is 3.22. The molecular weight excluding hydrogens is 368 g/mol. The van der Waals surface area contributed by atoms with Crippen molar-refractivity contribution in [3.63, 3.8) is 0 Å². The predicted octanol–water partition coefficient (Wildman–Crippen LogP) is 5.26. The minimum atomic E-state index is 0.0223. The summed E-state index contributed by atoms with van der Waals surface area (Å²) in [6.45, 7) is 0. The number of nitrogens with zero attached hydrogens (tertiary/aromatic N) is 2. The number of Topliss-reactive ketones (excluding diaryl/α,β-unsaturated/α-hetero) is 1. The highest BCUT2D eigenvalue weighted by Crippen LogP contribution is 2.29. The van der Waals surface area contributed by atoms with Gasteiger partial charge in [0.05, 0.1) is 12.2 Å². The highest BCUT2D eigenvalue weighted by atomic mass is 32.2. The largest absolute Gasteiger partial charge is 0.411 e. The van der Waals surface area contributed by atoms with E-state index in [0.717, 1.165) is 16.3 Å². The van der Waals surface area contributed by atoms with Gasteiger partial charge in [0.1, 0.15) is 0 Å². The second-order valence-electron chi connectivity index (χ2n) is 6.01. The Labute approximate surface area is 167 Å². The molecule has 0 saturated carbocycles. The summed E-state index contributed by atoms with van der Waals surface area (Å²) in [6, 6.07) is 23.3. The van der Waals surface area contributed by atoms with E-state index in [0.29, 0.717) is 22.4 Å². The van der Waals surface area contributed by atoms with E-state index in [9.17, 15) is 4.79 Å². The maximum absolute atomic E-state index is 12.0. The molecule has 1 heterocycles. The number of benzene rings is 3. The van der Waals surface area contributed by atoms with Crippen molar-refractivity contribution >= 4 is 28.3 Å². The summed E-state index contributed by atoms with van der Waals surface area (Å²) in [5.41, 5.74) is 1.60. The lowest BCUT2D eigenvalue weighted by Gasteiger charge is -2.01. The molecule has 0 aliphatic carbocycles. The highest BCUT2D eigenvalue weighted by Gasteiger charge is 2.11. The van der Waals surface area contributed by atoms with Crippen LogP contribution in [-0.4, -0.2) is 21.7 Å². The minimum Gasteiger partial charge on any atom is -0.411 e. The Kier molecular flexibility index (Phi) is 5.51. The van der Waals surface area contributed by atoms with Gasteiger partial charge in [0.25, 0.3) is 5.22 Å². The van der Waals surface area contributed by atoms with Gasteiger partial charge in [0.2, 0.25) is 5.89 Å². The molecule has 0 aliphatic heterocycles. The molecule has 28 heavy (non-hydrogen) atoms. The maximum atomic E-state index is 12.0. The lowest BCUT2D eigenvalue weighted by atomic mass is 10.0. The molecule has 1 aromatic heterocycles. The van der Waals surface area contributed by atoms with Crippen molar-refractivity contribution in [2.45, 2.75) is 11.6 Å². The van der Waals surface area contributed by atoms with Gasteiger partial charge < -0.3 is 4.42 Å². The lowest BCUT2D eigenvalue weighted by molar-refractivity contribution is 0.0998. The van der Waals surface area contributed by atoms with Gasteiger partial charge in [0.15, 0.2) is 5.78 Å². The first-order valence-corrected chi connectivity index (χ1v) is 9.78. The summed E-state index contributed by atoms with van der Waals surface area (Å²) in [5, 5.41) is 10.9. The van der Waals surface area contributed by atoms with Crippen LogP contribution in [0.3, 0.4) is 0 Å². The standard InChI is InChI=1S/C23H16N2O2S/c26-21(18-10-2-1-3-11-18)15-6-7-16-28-23-25-24-22(27-23)20-14-8-12-17-9-4-5-13-19(17)20/h1-5,8-14H,15-16H2. The van der Waals surface area contributed by atoms with Crippen molar-refractivity contribution in [1.29, 1.82) is 0 Å². The van der Waals surface area contributed by atoms with Gasteiger partial charge in [-0.3, -0.25) is 4.79 Å². The molecule has 4 aromatic rings. The predicted molar refractivity (Wildman–Crippen MR) is 111 cm³/mol. The molecule has 0 radical (unpaired) electrons. The van der Waals surface area contributed by atoms with Crippen LogP contribution in [0.1, 0.15) is 16.8 Å². The monoisotopic (exact) mass is 384 g/mol. The van der Waals surface area contributed by atoms with Crippen LogP contribution in [0.25, 0.3) is 22.2 Å². The Balaban J connectivity index is 1.38. The molecule has 3 aromatic carbocycles. The Morgan fingerprint density at radius 2 is 1.68 bits per heavy atom. The van der Waals surface area contributed by atoms with Crippen LogP contribution >= 0.6 is 11.8 Å². The first-order valence-electron chi connectivity index (χ1n) is 8.80. The van der Waals surface area contributed by atoms with Crippen LogP contribution in [-0.2, 0) is 0 Å². The number of ketones is 1. The van der Waals surface area contributed by atoms with Crippen LogP contribution in [0.4, 0.5) is 0 Å². The normalized spacial score (nSPS) is 10.4. The number of thioether (sulfide) groups is 1. The molecular formula is C23H16N2O2S. The number of fused-ring (bicyclic) bond motifs is 1. The lowest BCUT2D eigenvalue weighted by Crippen LogP contribution is -1.96. The summed E-state index contributed by atoms with van der Waals surface area (Å²) < 4.78 is 5.78. The number of carbonyl (C=O) groups excluding carboxylic acids is 1. The van der Waals surface area contributed by atoms with Gasteiger partial charge in [-0.05, 0) is 16.8 Å². The van der Waals surface area contributed by atoms with Crippen molar-refractivity contribution < 1.29 is 9.21 Å². The zero-order chi connectivity index (χ0) is 19.2. The summed E-state index contributed by atoms with van der Waals surface area (Å²) in [6.07, 6.45) is 0.204. The summed E-state index contributed by atoms with van der Waals surface area (Å²) in [5.74, 6) is 6.88. The second kappa shape index (κ2) is 8.55. The summed E-state index contributed by atoms with van der Waals surface area (Å²) in [4.78, 5) is 12.0. The third-order valence-electron chi connectivity index (χ3n) is 4.16. The van der Waals surface area contributed by atoms with E-state index < -0.39 is 0 Å². The van der Waals surface area contributed by atoms with Crippen molar-refractivity contribution in [1.82, 2.24) is 10.2 Å². The van der Waals surface area contributed by atoms with Gasteiger partial charge in [-0.2, -0.15) is 0 Å². The van der Waals surface area contributed by atoms with Crippen molar-refractivity contribution in [3.05, 3.63) is 78.4 Å². The number of carbonyl (C=O) groups is 1. The third kappa shape index (κ3) is 4.13. The molecule has 4 nitrogen and oxygen atoms in total. The summed E-state index contributed by atoms with van der Waals surface area (Å²) in [7, 11) is 0. The average molecular weight is 384 g/mol. The maximum Gasteiger partial charge on any atom is 0.277 e. The topological polar surface area (TPSA) is 56.0 Å². The van der Waals surface area contributed by atoms with Crippen molar-refractivity contribution in [3.8, 4) is 23.3 Å². The first-order chi connectivity index (χ1) is 13.8. The van der Waals surface area contributed by atoms with E-state index in [-0.39, 0.29) is 12.2 Å². The summed E-state index contributed by atoms with van der Waals surface area (Å²) >= 11 is 1.36. The van der Waals surface area contributed by atoms with E-state index in [4.69, 9.17) is 4.42 Å². The number of hydrogen-bond donors (Lipinski definition) is 0. The third-order valence-corrected chi connectivity index (χ3v) is 4.86. The zero-order valence-electron chi connectivity index (χ0n) is 15.0. The van der Waals surface area contributed by atoms with Gasteiger partial charge in [0, 0.05) is 11.1 Å². The second-order valence-corrected chi connectivity index (χ2v) is 6.93. The van der Waals surface area contributed by atoms with Gasteiger partial charge in [-0.25, -0.2) is 0 Å². The van der Waals surface area contributed by atoms with Crippen LogP contribution in [0.15, 0.2) is 82.4 Å². The van der Waals surface area contributed by atoms with E-state index in [2.05, 4.69) is 34.2 Å². The molecule has 0 atom stereocenters. The van der Waals surface area contributed by atoms with Crippen LogP contribution in [0, 0.1) is 11.8 Å².